The lowest BCUT2D eigenvalue weighted by Crippen LogP contribution is -2.41. The second-order valence-corrected chi connectivity index (χ2v) is 8.12. The summed E-state index contributed by atoms with van der Waals surface area (Å²) >= 11 is 0. The Morgan fingerprint density at radius 2 is 1.86 bits per heavy atom. The van der Waals surface area contributed by atoms with Gasteiger partial charge < -0.3 is 15.5 Å². The predicted octanol–water partition coefficient (Wildman–Crippen LogP) is 3.25. The quantitative estimate of drug-likeness (QED) is 0.366. The van der Waals surface area contributed by atoms with Gasteiger partial charge in [0, 0.05) is 51.0 Å². The summed E-state index contributed by atoms with van der Waals surface area (Å²) in [5, 5.41) is 6.80. The monoisotopic (exact) mass is 388 g/mol. The molecule has 2 N–H and O–H groups in total. The van der Waals surface area contributed by atoms with E-state index in [0.29, 0.717) is 18.6 Å². The van der Waals surface area contributed by atoms with E-state index in [1.165, 1.54) is 12.8 Å². The number of nitrogens with one attached hydrogen (secondary N) is 2. The smallest absolute Gasteiger partial charge is 0.191 e. The number of hydrogen-bond acceptors (Lipinski definition) is 4. The third-order valence-electron chi connectivity index (χ3n) is 5.22. The molecule has 1 aromatic rings. The van der Waals surface area contributed by atoms with Crippen LogP contribution in [0, 0.1) is 0 Å². The first-order valence-electron chi connectivity index (χ1n) is 11.0. The van der Waals surface area contributed by atoms with E-state index in [1.807, 2.05) is 6.20 Å². The van der Waals surface area contributed by atoms with Crippen LogP contribution in [0.4, 0.5) is 5.82 Å². The van der Waals surface area contributed by atoms with E-state index in [0.717, 1.165) is 56.5 Å². The number of aromatic nitrogens is 1. The van der Waals surface area contributed by atoms with E-state index >= 15 is 0 Å². The van der Waals surface area contributed by atoms with Crippen LogP contribution in [0.1, 0.15) is 59.4 Å². The molecule has 0 bridgehead atoms. The summed E-state index contributed by atoms with van der Waals surface area (Å²) in [7, 11) is 0. The van der Waals surface area contributed by atoms with Gasteiger partial charge in [-0.15, -0.1) is 0 Å². The lowest BCUT2D eigenvalue weighted by Gasteiger charge is -2.30. The number of aliphatic imine (C=N–C) groups is 1. The van der Waals surface area contributed by atoms with Crippen LogP contribution in [0.25, 0.3) is 0 Å². The molecule has 28 heavy (non-hydrogen) atoms. The van der Waals surface area contributed by atoms with Gasteiger partial charge in [0.05, 0.1) is 6.54 Å². The number of guanidine groups is 1. The molecule has 1 aliphatic heterocycles. The molecule has 0 unspecified atom stereocenters. The summed E-state index contributed by atoms with van der Waals surface area (Å²) in [4.78, 5) is 14.2. The number of rotatable bonds is 10. The molecule has 0 spiro atoms. The van der Waals surface area contributed by atoms with Crippen molar-refractivity contribution < 1.29 is 0 Å². The van der Waals surface area contributed by atoms with Crippen molar-refractivity contribution in [3.63, 3.8) is 0 Å². The summed E-state index contributed by atoms with van der Waals surface area (Å²) in [6.45, 7) is 17.0. The van der Waals surface area contributed by atoms with Crippen molar-refractivity contribution in [3.8, 4) is 0 Å². The molecule has 158 valence electrons. The molecule has 0 saturated carbocycles. The van der Waals surface area contributed by atoms with Gasteiger partial charge in [-0.1, -0.05) is 6.07 Å². The summed E-state index contributed by atoms with van der Waals surface area (Å²) in [6, 6.07) is 5.44. The molecule has 1 aliphatic rings. The second kappa shape index (κ2) is 11.9. The highest BCUT2D eigenvalue weighted by molar-refractivity contribution is 5.79. The van der Waals surface area contributed by atoms with Gasteiger partial charge in [-0.2, -0.15) is 0 Å². The Kier molecular flexibility index (Phi) is 9.55. The van der Waals surface area contributed by atoms with Crippen molar-refractivity contribution in [2.75, 3.05) is 37.6 Å². The predicted molar refractivity (Wildman–Crippen MR) is 120 cm³/mol. The average molecular weight is 389 g/mol. The van der Waals surface area contributed by atoms with Crippen molar-refractivity contribution >= 4 is 11.8 Å². The zero-order valence-corrected chi connectivity index (χ0v) is 18.5. The Morgan fingerprint density at radius 3 is 2.43 bits per heavy atom. The minimum atomic E-state index is 0.581. The maximum atomic E-state index is 4.72. The van der Waals surface area contributed by atoms with Crippen LogP contribution in [-0.2, 0) is 6.54 Å². The molecule has 1 fully saturated rings. The molecule has 6 nitrogen and oxygen atoms in total. The van der Waals surface area contributed by atoms with Gasteiger partial charge >= 0.3 is 0 Å². The highest BCUT2D eigenvalue weighted by Gasteiger charge is 2.13. The standard InChI is InChI=1S/C22H40N6/c1-6-23-22(24-12-9-15-28(18(2)3)19(4)5)26-17-20-10-11-21(25-16-20)27-13-7-8-14-27/h10-11,16,18-19H,6-9,12-15,17H2,1-5H3,(H2,23,24,26). The van der Waals surface area contributed by atoms with E-state index in [2.05, 4.69) is 72.2 Å². The Bertz CT molecular complexity index is 567. The first kappa shape index (κ1) is 22.5. The number of anilines is 1. The van der Waals surface area contributed by atoms with Crippen molar-refractivity contribution in [2.24, 2.45) is 4.99 Å². The third-order valence-corrected chi connectivity index (χ3v) is 5.22. The number of hydrogen-bond donors (Lipinski definition) is 2. The molecule has 2 heterocycles. The fourth-order valence-corrected chi connectivity index (χ4v) is 3.74. The highest BCUT2D eigenvalue weighted by atomic mass is 15.2. The average Bonchev–Trinajstić information content (AvgIpc) is 3.20. The van der Waals surface area contributed by atoms with Gasteiger partial charge in [0.1, 0.15) is 5.82 Å². The molecule has 0 amide bonds. The van der Waals surface area contributed by atoms with Crippen molar-refractivity contribution in [1.29, 1.82) is 0 Å². The van der Waals surface area contributed by atoms with Crippen LogP contribution >= 0.6 is 0 Å². The zero-order chi connectivity index (χ0) is 20.4. The van der Waals surface area contributed by atoms with Crippen LogP contribution in [-0.4, -0.2) is 60.7 Å². The molecule has 1 saturated heterocycles. The number of pyridine rings is 1. The van der Waals surface area contributed by atoms with Gasteiger partial charge in [-0.3, -0.25) is 4.90 Å². The van der Waals surface area contributed by atoms with Gasteiger partial charge in [0.25, 0.3) is 0 Å². The first-order valence-corrected chi connectivity index (χ1v) is 11.0. The van der Waals surface area contributed by atoms with Gasteiger partial charge in [0.2, 0.25) is 0 Å². The topological polar surface area (TPSA) is 55.8 Å². The first-order chi connectivity index (χ1) is 13.5. The molecular formula is C22H40N6. The van der Waals surface area contributed by atoms with Crippen molar-refractivity contribution in [1.82, 2.24) is 20.5 Å². The molecule has 0 aromatic carbocycles. The zero-order valence-electron chi connectivity index (χ0n) is 18.5. The van der Waals surface area contributed by atoms with Crippen LogP contribution < -0.4 is 15.5 Å². The minimum absolute atomic E-state index is 0.581. The lowest BCUT2D eigenvalue weighted by atomic mass is 10.2. The molecule has 2 rings (SSSR count). The van der Waals surface area contributed by atoms with Crippen molar-refractivity contribution in [2.45, 2.75) is 72.5 Å². The Hall–Kier alpha value is -1.82. The van der Waals surface area contributed by atoms with Crippen LogP contribution in [0.2, 0.25) is 0 Å². The Balaban J connectivity index is 1.81. The lowest BCUT2D eigenvalue weighted by molar-refractivity contribution is 0.173. The molecule has 0 atom stereocenters. The van der Waals surface area contributed by atoms with E-state index in [1.54, 1.807) is 0 Å². The van der Waals surface area contributed by atoms with Gasteiger partial charge in [0.15, 0.2) is 5.96 Å². The Labute approximate surface area is 171 Å². The maximum Gasteiger partial charge on any atom is 0.191 e. The fraction of sp³-hybridized carbons (Fsp3) is 0.727. The maximum absolute atomic E-state index is 4.72. The third kappa shape index (κ3) is 7.30. The largest absolute Gasteiger partial charge is 0.357 e. The molecular weight excluding hydrogens is 348 g/mol. The molecule has 0 radical (unpaired) electrons. The Morgan fingerprint density at radius 1 is 1.14 bits per heavy atom. The van der Waals surface area contributed by atoms with E-state index in [4.69, 9.17) is 4.99 Å². The SMILES string of the molecule is CCNC(=NCc1ccc(N2CCCC2)nc1)NCCCN(C(C)C)C(C)C. The van der Waals surface area contributed by atoms with Crippen LogP contribution in [0.5, 0.6) is 0 Å². The normalized spacial score (nSPS) is 15.1. The summed E-state index contributed by atoms with van der Waals surface area (Å²) in [5.74, 6) is 1.97. The summed E-state index contributed by atoms with van der Waals surface area (Å²) in [5.41, 5.74) is 1.14. The second-order valence-electron chi connectivity index (χ2n) is 8.12. The fourth-order valence-electron chi connectivity index (χ4n) is 3.74. The van der Waals surface area contributed by atoms with E-state index in [9.17, 15) is 0 Å². The summed E-state index contributed by atoms with van der Waals surface area (Å²) < 4.78 is 0. The van der Waals surface area contributed by atoms with Crippen molar-refractivity contribution in [3.05, 3.63) is 23.9 Å². The van der Waals surface area contributed by atoms with Crippen LogP contribution in [0.3, 0.4) is 0 Å². The molecule has 0 aliphatic carbocycles. The van der Waals surface area contributed by atoms with Crippen LogP contribution in [0.15, 0.2) is 23.3 Å². The van der Waals surface area contributed by atoms with Gasteiger partial charge in [-0.05, 0) is 65.5 Å². The van der Waals surface area contributed by atoms with Gasteiger partial charge in [-0.25, -0.2) is 9.98 Å². The van der Waals surface area contributed by atoms with E-state index in [-0.39, 0.29) is 0 Å². The number of nitrogens with zero attached hydrogens (tertiary/aromatic N) is 4. The summed E-state index contributed by atoms with van der Waals surface area (Å²) in [6.07, 6.45) is 5.62. The highest BCUT2D eigenvalue weighted by Crippen LogP contribution is 2.17. The molecule has 1 aromatic heterocycles. The minimum Gasteiger partial charge on any atom is -0.357 e. The molecule has 6 heteroatoms. The van der Waals surface area contributed by atoms with E-state index < -0.39 is 0 Å².